The molecular weight excluding hydrogens is 211 g/mol. The minimum atomic E-state index is -4.17. The number of rotatable bonds is 7. The second-order valence-electron chi connectivity index (χ2n) is 3.44. The van der Waals surface area contributed by atoms with E-state index in [1.807, 2.05) is 0 Å². The zero-order valence-electron chi connectivity index (χ0n) is 8.97. The van der Waals surface area contributed by atoms with E-state index in [4.69, 9.17) is 4.74 Å². The first kappa shape index (κ1) is 14.7. The van der Waals surface area contributed by atoms with E-state index in [0.717, 1.165) is 0 Å². The van der Waals surface area contributed by atoms with Crippen LogP contribution in [0.5, 0.6) is 0 Å². The molecule has 2 unspecified atom stereocenters. The van der Waals surface area contributed by atoms with Crippen LogP contribution in [-0.4, -0.2) is 43.2 Å². The maximum Gasteiger partial charge on any atom is 0.390 e. The SMILES string of the molecule is CCOCC(O)CNC(C)CC(F)(F)F. The smallest absolute Gasteiger partial charge is 0.389 e. The van der Waals surface area contributed by atoms with E-state index in [2.05, 4.69) is 5.32 Å². The molecule has 0 saturated heterocycles. The van der Waals surface area contributed by atoms with Gasteiger partial charge in [0.1, 0.15) is 0 Å². The summed E-state index contributed by atoms with van der Waals surface area (Å²) in [5, 5.41) is 11.9. The third kappa shape index (κ3) is 9.96. The monoisotopic (exact) mass is 229 g/mol. The first-order valence-corrected chi connectivity index (χ1v) is 4.91. The van der Waals surface area contributed by atoms with Crippen molar-refractivity contribution >= 4 is 0 Å². The van der Waals surface area contributed by atoms with E-state index in [0.29, 0.717) is 6.61 Å². The molecule has 0 aliphatic carbocycles. The number of aliphatic hydroxyl groups is 1. The van der Waals surface area contributed by atoms with Crippen LogP contribution in [-0.2, 0) is 4.74 Å². The van der Waals surface area contributed by atoms with Crippen molar-refractivity contribution < 1.29 is 23.0 Å². The second kappa shape index (κ2) is 7.03. The zero-order valence-corrected chi connectivity index (χ0v) is 8.97. The summed E-state index contributed by atoms with van der Waals surface area (Å²) >= 11 is 0. The summed E-state index contributed by atoms with van der Waals surface area (Å²) in [5.41, 5.74) is 0. The van der Waals surface area contributed by atoms with Gasteiger partial charge in [0.2, 0.25) is 0 Å². The molecule has 0 aromatic heterocycles. The fraction of sp³-hybridized carbons (Fsp3) is 1.00. The van der Waals surface area contributed by atoms with Crippen molar-refractivity contribution in [3.8, 4) is 0 Å². The molecule has 0 aliphatic heterocycles. The van der Waals surface area contributed by atoms with Crippen molar-refractivity contribution in [2.45, 2.75) is 38.6 Å². The molecule has 0 aromatic carbocycles. The number of halogens is 3. The van der Waals surface area contributed by atoms with Gasteiger partial charge in [0.25, 0.3) is 0 Å². The van der Waals surface area contributed by atoms with E-state index in [9.17, 15) is 18.3 Å². The third-order valence-electron chi connectivity index (χ3n) is 1.75. The van der Waals surface area contributed by atoms with E-state index < -0.39 is 24.7 Å². The van der Waals surface area contributed by atoms with E-state index in [1.165, 1.54) is 6.92 Å². The van der Waals surface area contributed by atoms with Crippen LogP contribution < -0.4 is 5.32 Å². The van der Waals surface area contributed by atoms with Gasteiger partial charge in [-0.05, 0) is 13.8 Å². The van der Waals surface area contributed by atoms with Crippen molar-refractivity contribution in [1.82, 2.24) is 5.32 Å². The summed E-state index contributed by atoms with van der Waals surface area (Å²) < 4.78 is 40.6. The number of aliphatic hydroxyl groups excluding tert-OH is 1. The van der Waals surface area contributed by atoms with Crippen LogP contribution in [0.2, 0.25) is 0 Å². The van der Waals surface area contributed by atoms with E-state index >= 15 is 0 Å². The fourth-order valence-corrected chi connectivity index (χ4v) is 1.07. The molecule has 0 amide bonds. The Balaban J connectivity index is 3.57. The van der Waals surface area contributed by atoms with Gasteiger partial charge < -0.3 is 15.2 Å². The minimum absolute atomic E-state index is 0.108. The Bertz CT molecular complexity index is 164. The molecule has 3 nitrogen and oxygen atoms in total. The highest BCUT2D eigenvalue weighted by atomic mass is 19.4. The van der Waals surface area contributed by atoms with Gasteiger partial charge in [0, 0.05) is 19.2 Å². The van der Waals surface area contributed by atoms with Gasteiger partial charge in [-0.2, -0.15) is 13.2 Å². The predicted octanol–water partition coefficient (Wildman–Crippen LogP) is 1.31. The molecule has 92 valence electrons. The van der Waals surface area contributed by atoms with Crippen molar-refractivity contribution in [3.05, 3.63) is 0 Å². The van der Waals surface area contributed by atoms with Gasteiger partial charge in [0.15, 0.2) is 0 Å². The molecule has 0 saturated carbocycles. The van der Waals surface area contributed by atoms with Crippen LogP contribution in [0.3, 0.4) is 0 Å². The summed E-state index contributed by atoms with van der Waals surface area (Å²) in [6, 6.07) is -0.693. The van der Waals surface area contributed by atoms with Crippen molar-refractivity contribution in [1.29, 1.82) is 0 Å². The van der Waals surface area contributed by atoms with Crippen LogP contribution in [0.15, 0.2) is 0 Å². The lowest BCUT2D eigenvalue weighted by Gasteiger charge is -2.18. The maximum atomic E-state index is 11.9. The molecule has 15 heavy (non-hydrogen) atoms. The van der Waals surface area contributed by atoms with Crippen LogP contribution in [0.25, 0.3) is 0 Å². The Hall–Kier alpha value is -0.330. The van der Waals surface area contributed by atoms with Crippen LogP contribution in [0.4, 0.5) is 13.2 Å². The van der Waals surface area contributed by atoms with Gasteiger partial charge in [0.05, 0.1) is 19.1 Å². The molecule has 2 N–H and O–H groups in total. The quantitative estimate of drug-likeness (QED) is 0.691. The van der Waals surface area contributed by atoms with Gasteiger partial charge in [-0.3, -0.25) is 0 Å². The lowest BCUT2D eigenvalue weighted by atomic mass is 10.2. The summed E-state index contributed by atoms with van der Waals surface area (Å²) in [4.78, 5) is 0. The molecule has 2 atom stereocenters. The molecule has 0 radical (unpaired) electrons. The average Bonchev–Trinajstić information content (AvgIpc) is 2.08. The Kier molecular flexibility index (Phi) is 6.87. The lowest BCUT2D eigenvalue weighted by molar-refractivity contribution is -0.139. The summed E-state index contributed by atoms with van der Waals surface area (Å²) in [5.74, 6) is 0. The van der Waals surface area contributed by atoms with Crippen molar-refractivity contribution in [2.24, 2.45) is 0 Å². The molecule has 0 bridgehead atoms. The standard InChI is InChI=1S/C9H18F3NO2/c1-3-15-6-8(14)5-13-7(2)4-9(10,11)12/h7-8,13-14H,3-6H2,1-2H3. The van der Waals surface area contributed by atoms with Crippen LogP contribution in [0.1, 0.15) is 20.3 Å². The number of hydrogen-bond donors (Lipinski definition) is 2. The molecule has 6 heteroatoms. The largest absolute Gasteiger partial charge is 0.390 e. The number of hydrogen-bond acceptors (Lipinski definition) is 3. The number of alkyl halides is 3. The highest BCUT2D eigenvalue weighted by Gasteiger charge is 2.29. The number of ether oxygens (including phenoxy) is 1. The summed E-state index contributed by atoms with van der Waals surface area (Å²) in [6.45, 7) is 3.95. The van der Waals surface area contributed by atoms with Gasteiger partial charge in [-0.1, -0.05) is 0 Å². The highest BCUT2D eigenvalue weighted by molar-refractivity contribution is 4.68. The van der Waals surface area contributed by atoms with E-state index in [-0.39, 0.29) is 13.2 Å². The Morgan fingerprint density at radius 3 is 2.47 bits per heavy atom. The molecule has 0 aromatic rings. The van der Waals surface area contributed by atoms with Crippen LogP contribution >= 0.6 is 0 Å². The highest BCUT2D eigenvalue weighted by Crippen LogP contribution is 2.21. The molecule has 0 fully saturated rings. The Morgan fingerprint density at radius 1 is 1.40 bits per heavy atom. The fourth-order valence-electron chi connectivity index (χ4n) is 1.07. The van der Waals surface area contributed by atoms with Crippen molar-refractivity contribution in [3.63, 3.8) is 0 Å². The maximum absolute atomic E-state index is 11.9. The van der Waals surface area contributed by atoms with Gasteiger partial charge in [-0.25, -0.2) is 0 Å². The predicted molar refractivity (Wildman–Crippen MR) is 50.6 cm³/mol. The van der Waals surface area contributed by atoms with Gasteiger partial charge in [-0.15, -0.1) is 0 Å². The van der Waals surface area contributed by atoms with Gasteiger partial charge >= 0.3 is 6.18 Å². The molecule has 0 spiro atoms. The molecular formula is C9H18F3NO2. The minimum Gasteiger partial charge on any atom is -0.389 e. The first-order valence-electron chi connectivity index (χ1n) is 4.91. The zero-order chi connectivity index (χ0) is 11.9. The van der Waals surface area contributed by atoms with E-state index in [1.54, 1.807) is 6.92 Å². The normalized spacial score (nSPS) is 16.4. The summed E-state index contributed by atoms with van der Waals surface area (Å²) in [7, 11) is 0. The lowest BCUT2D eigenvalue weighted by Crippen LogP contribution is -2.38. The second-order valence-corrected chi connectivity index (χ2v) is 3.44. The average molecular weight is 229 g/mol. The molecule has 0 rings (SSSR count). The topological polar surface area (TPSA) is 41.5 Å². The first-order chi connectivity index (χ1) is 6.85. The van der Waals surface area contributed by atoms with Crippen molar-refractivity contribution in [2.75, 3.05) is 19.8 Å². The number of nitrogens with one attached hydrogen (secondary N) is 1. The van der Waals surface area contributed by atoms with Crippen LogP contribution in [0, 0.1) is 0 Å². The summed E-state index contributed by atoms with van der Waals surface area (Å²) in [6.07, 6.45) is -5.83. The third-order valence-corrected chi connectivity index (χ3v) is 1.75. The Labute approximate surface area is 87.6 Å². The Morgan fingerprint density at radius 2 is 2.00 bits per heavy atom. The molecule has 0 aliphatic rings. The molecule has 0 heterocycles.